The first-order valence-corrected chi connectivity index (χ1v) is 7.48. The van der Waals surface area contributed by atoms with E-state index in [9.17, 15) is 0 Å². The molecule has 1 aromatic heterocycles. The summed E-state index contributed by atoms with van der Waals surface area (Å²) < 4.78 is 11.8. The number of methoxy groups -OCH3 is 1. The summed E-state index contributed by atoms with van der Waals surface area (Å²) in [6, 6.07) is 5.64. The zero-order valence-electron chi connectivity index (χ0n) is 10.8. The van der Waals surface area contributed by atoms with Gasteiger partial charge in [-0.05, 0) is 41.1 Å². The van der Waals surface area contributed by atoms with Gasteiger partial charge in [0.2, 0.25) is 0 Å². The second-order valence-electron chi connectivity index (χ2n) is 3.75. The Hall–Kier alpha value is -1.27. The van der Waals surface area contributed by atoms with E-state index in [2.05, 4.69) is 26.2 Å². The fourth-order valence-corrected chi connectivity index (χ4v) is 2.75. The second-order valence-corrected chi connectivity index (χ2v) is 5.72. The quantitative estimate of drug-likeness (QED) is 0.863. The smallest absolute Gasteiger partial charge is 0.182 e. The Morgan fingerprint density at radius 1 is 1.42 bits per heavy atom. The van der Waals surface area contributed by atoms with Crippen LogP contribution in [0.3, 0.4) is 0 Å². The molecule has 19 heavy (non-hydrogen) atoms. The molecule has 0 amide bonds. The lowest BCUT2D eigenvalue weighted by Gasteiger charge is -2.08. The molecule has 102 valence electrons. The minimum atomic E-state index is 0.508. The van der Waals surface area contributed by atoms with Gasteiger partial charge in [-0.25, -0.2) is 4.98 Å². The van der Waals surface area contributed by atoms with Crippen LogP contribution in [0.1, 0.15) is 11.8 Å². The molecule has 0 aliphatic rings. The maximum atomic E-state index is 5.75. The Morgan fingerprint density at radius 3 is 2.95 bits per heavy atom. The standard InChI is InChI=1S/C13H15BrN2O2S/c1-3-15-13-16-7-10(19-13)8-18-12-5-4-9(17-2)6-11(12)14/h4-7H,3,8H2,1-2H3,(H,15,16). The third-order valence-electron chi connectivity index (χ3n) is 2.39. The SMILES string of the molecule is CCNc1ncc(COc2ccc(OC)cc2Br)s1. The number of rotatable bonds is 6. The molecule has 0 saturated heterocycles. The molecule has 0 radical (unpaired) electrons. The van der Waals surface area contributed by atoms with Gasteiger partial charge in [0, 0.05) is 12.7 Å². The van der Waals surface area contributed by atoms with Crippen molar-refractivity contribution >= 4 is 32.4 Å². The van der Waals surface area contributed by atoms with Gasteiger partial charge in [-0.1, -0.05) is 11.3 Å². The Bertz CT molecular complexity index is 545. The Morgan fingerprint density at radius 2 is 2.26 bits per heavy atom. The lowest BCUT2D eigenvalue weighted by atomic mass is 10.3. The predicted octanol–water partition coefficient (Wildman–Crippen LogP) is 3.93. The van der Waals surface area contributed by atoms with Gasteiger partial charge < -0.3 is 14.8 Å². The molecule has 0 saturated carbocycles. The minimum Gasteiger partial charge on any atom is -0.497 e. The number of benzene rings is 1. The first kappa shape index (κ1) is 14.1. The highest BCUT2D eigenvalue weighted by Gasteiger charge is 2.05. The maximum absolute atomic E-state index is 5.75. The lowest BCUT2D eigenvalue weighted by molar-refractivity contribution is 0.306. The van der Waals surface area contributed by atoms with Crippen molar-refractivity contribution in [2.24, 2.45) is 0 Å². The third-order valence-corrected chi connectivity index (χ3v) is 3.94. The van der Waals surface area contributed by atoms with E-state index < -0.39 is 0 Å². The summed E-state index contributed by atoms with van der Waals surface area (Å²) in [5.74, 6) is 1.59. The summed E-state index contributed by atoms with van der Waals surface area (Å²) in [5, 5.41) is 4.10. The molecule has 1 heterocycles. The largest absolute Gasteiger partial charge is 0.497 e. The molecule has 1 aromatic carbocycles. The molecule has 0 aliphatic heterocycles. The number of ether oxygens (including phenoxy) is 2. The molecule has 6 heteroatoms. The number of halogens is 1. The van der Waals surface area contributed by atoms with Crippen LogP contribution in [0.15, 0.2) is 28.9 Å². The van der Waals surface area contributed by atoms with E-state index in [1.54, 1.807) is 18.4 Å². The summed E-state index contributed by atoms with van der Waals surface area (Å²) >= 11 is 5.06. The van der Waals surface area contributed by atoms with Crippen molar-refractivity contribution < 1.29 is 9.47 Å². The zero-order chi connectivity index (χ0) is 13.7. The van der Waals surface area contributed by atoms with Crippen molar-refractivity contribution in [3.05, 3.63) is 33.7 Å². The van der Waals surface area contributed by atoms with Gasteiger partial charge in [-0.15, -0.1) is 0 Å². The van der Waals surface area contributed by atoms with Crippen molar-refractivity contribution in [2.45, 2.75) is 13.5 Å². The van der Waals surface area contributed by atoms with Gasteiger partial charge in [-0.2, -0.15) is 0 Å². The monoisotopic (exact) mass is 342 g/mol. The number of hydrogen-bond donors (Lipinski definition) is 1. The summed E-state index contributed by atoms with van der Waals surface area (Å²) in [5.41, 5.74) is 0. The van der Waals surface area contributed by atoms with E-state index >= 15 is 0 Å². The zero-order valence-corrected chi connectivity index (χ0v) is 13.2. The lowest BCUT2D eigenvalue weighted by Crippen LogP contribution is -1.94. The van der Waals surface area contributed by atoms with E-state index in [-0.39, 0.29) is 0 Å². The van der Waals surface area contributed by atoms with Crippen molar-refractivity contribution in [3.8, 4) is 11.5 Å². The van der Waals surface area contributed by atoms with Crippen LogP contribution >= 0.6 is 27.3 Å². The number of nitrogens with zero attached hydrogens (tertiary/aromatic N) is 1. The first-order chi connectivity index (χ1) is 9.22. The van der Waals surface area contributed by atoms with Crippen LogP contribution < -0.4 is 14.8 Å². The fraction of sp³-hybridized carbons (Fsp3) is 0.308. The number of thiazole rings is 1. The summed E-state index contributed by atoms with van der Waals surface area (Å²) in [7, 11) is 1.64. The first-order valence-electron chi connectivity index (χ1n) is 5.88. The Balaban J connectivity index is 1.97. The van der Waals surface area contributed by atoms with Gasteiger partial charge in [0.25, 0.3) is 0 Å². The van der Waals surface area contributed by atoms with Gasteiger partial charge in [0.15, 0.2) is 5.13 Å². The summed E-state index contributed by atoms with van der Waals surface area (Å²) in [6.45, 7) is 3.43. The van der Waals surface area contributed by atoms with Crippen LogP contribution in [0.2, 0.25) is 0 Å². The van der Waals surface area contributed by atoms with Crippen LogP contribution in [0.25, 0.3) is 0 Å². The highest BCUT2D eigenvalue weighted by molar-refractivity contribution is 9.10. The van der Waals surface area contributed by atoms with E-state index in [0.717, 1.165) is 32.5 Å². The van der Waals surface area contributed by atoms with Crippen LogP contribution in [0.4, 0.5) is 5.13 Å². The van der Waals surface area contributed by atoms with Crippen LogP contribution in [-0.2, 0) is 6.61 Å². The number of nitrogens with one attached hydrogen (secondary N) is 1. The summed E-state index contributed by atoms with van der Waals surface area (Å²) in [4.78, 5) is 5.35. The molecule has 2 rings (SSSR count). The van der Waals surface area contributed by atoms with E-state index in [1.807, 2.05) is 31.3 Å². The van der Waals surface area contributed by atoms with E-state index in [4.69, 9.17) is 9.47 Å². The van der Waals surface area contributed by atoms with Crippen molar-refractivity contribution in [3.63, 3.8) is 0 Å². The Labute approximate surface area is 124 Å². The molecule has 0 unspecified atom stereocenters. The molecule has 2 aromatic rings. The number of aromatic nitrogens is 1. The van der Waals surface area contributed by atoms with Gasteiger partial charge in [0.1, 0.15) is 18.1 Å². The average Bonchev–Trinajstić information content (AvgIpc) is 2.85. The fourth-order valence-electron chi connectivity index (χ4n) is 1.48. The molecular formula is C13H15BrN2O2S. The number of hydrogen-bond acceptors (Lipinski definition) is 5. The molecule has 0 spiro atoms. The molecular weight excluding hydrogens is 328 g/mol. The van der Waals surface area contributed by atoms with Crippen LogP contribution in [0.5, 0.6) is 11.5 Å². The molecule has 0 bridgehead atoms. The maximum Gasteiger partial charge on any atom is 0.182 e. The minimum absolute atomic E-state index is 0.508. The van der Waals surface area contributed by atoms with E-state index in [0.29, 0.717) is 6.61 Å². The highest BCUT2D eigenvalue weighted by Crippen LogP contribution is 2.30. The number of anilines is 1. The van der Waals surface area contributed by atoms with E-state index in [1.165, 1.54) is 0 Å². The third kappa shape index (κ3) is 3.84. The molecule has 4 nitrogen and oxygen atoms in total. The average molecular weight is 343 g/mol. The Kier molecular flexibility index (Phi) is 5.04. The highest BCUT2D eigenvalue weighted by atomic mass is 79.9. The van der Waals surface area contributed by atoms with Gasteiger partial charge >= 0.3 is 0 Å². The van der Waals surface area contributed by atoms with Gasteiger partial charge in [-0.3, -0.25) is 0 Å². The predicted molar refractivity (Wildman–Crippen MR) is 81.3 cm³/mol. The molecule has 0 fully saturated rings. The topological polar surface area (TPSA) is 43.4 Å². The van der Waals surface area contributed by atoms with Crippen molar-refractivity contribution in [1.29, 1.82) is 0 Å². The normalized spacial score (nSPS) is 10.3. The molecule has 1 N–H and O–H groups in total. The molecule has 0 atom stereocenters. The van der Waals surface area contributed by atoms with Crippen molar-refractivity contribution in [2.75, 3.05) is 19.0 Å². The van der Waals surface area contributed by atoms with Crippen molar-refractivity contribution in [1.82, 2.24) is 4.98 Å². The van der Waals surface area contributed by atoms with Crippen LogP contribution in [-0.4, -0.2) is 18.6 Å². The molecule has 0 aliphatic carbocycles. The van der Waals surface area contributed by atoms with Crippen LogP contribution in [0, 0.1) is 0 Å². The summed E-state index contributed by atoms with van der Waals surface area (Å²) in [6.07, 6.45) is 1.83. The second kappa shape index (κ2) is 6.77. The van der Waals surface area contributed by atoms with Gasteiger partial charge in [0.05, 0.1) is 16.5 Å².